The summed E-state index contributed by atoms with van der Waals surface area (Å²) < 4.78 is 7.31. The number of hydrogen-bond acceptors (Lipinski definition) is 7. The first kappa shape index (κ1) is 14.5. The summed E-state index contributed by atoms with van der Waals surface area (Å²) in [4.78, 5) is 11.4. The number of hydrogen-bond donors (Lipinski definition) is 1. The molecule has 1 N–H and O–H groups in total. The molecule has 5 heterocycles. The number of aromatic nitrogens is 5. The highest BCUT2D eigenvalue weighted by atomic mass is 32.1. The molecule has 9 heteroatoms. The summed E-state index contributed by atoms with van der Waals surface area (Å²) in [5.74, 6) is 1.62. The third kappa shape index (κ3) is 2.11. The number of nitrogens with zero attached hydrogens (tertiary/aromatic N) is 6. The van der Waals surface area contributed by atoms with Crippen LogP contribution in [0.2, 0.25) is 0 Å². The van der Waals surface area contributed by atoms with Crippen LogP contribution in [-0.4, -0.2) is 64.4 Å². The summed E-state index contributed by atoms with van der Waals surface area (Å²) >= 11 is 1.83. The number of anilines is 1. The Balaban J connectivity index is 1.75. The molecule has 0 spiro atoms. The summed E-state index contributed by atoms with van der Waals surface area (Å²) in [5.41, 5.74) is 1.46. The van der Waals surface area contributed by atoms with Gasteiger partial charge in [-0.05, 0) is 22.9 Å². The Morgan fingerprint density at radius 1 is 1.29 bits per heavy atom. The Kier molecular flexibility index (Phi) is 3.39. The highest BCUT2D eigenvalue weighted by Gasteiger charge is 2.29. The molecule has 3 aromatic heterocycles. The summed E-state index contributed by atoms with van der Waals surface area (Å²) in [6.45, 7) is 8.95. The van der Waals surface area contributed by atoms with Gasteiger partial charge in [0, 0.05) is 19.5 Å². The first-order valence-electron chi connectivity index (χ1n) is 8.53. The van der Waals surface area contributed by atoms with Crippen molar-refractivity contribution in [3.8, 4) is 0 Å². The van der Waals surface area contributed by atoms with E-state index in [-0.39, 0.29) is 0 Å². The number of nitrogens with one attached hydrogen (secondary N) is 1. The van der Waals surface area contributed by atoms with Gasteiger partial charge in [-0.15, -0.1) is 11.3 Å². The summed E-state index contributed by atoms with van der Waals surface area (Å²) in [7, 11) is 0. The molecule has 0 aromatic carbocycles. The average Bonchev–Trinajstić information content (AvgIpc) is 3.25. The molecule has 1 saturated heterocycles. The summed E-state index contributed by atoms with van der Waals surface area (Å²) in [5, 5.41) is 13.4. The van der Waals surface area contributed by atoms with Crippen LogP contribution in [0.25, 0.3) is 16.0 Å². The zero-order valence-corrected chi connectivity index (χ0v) is 14.5. The predicted molar refractivity (Wildman–Crippen MR) is 90.8 cm³/mol. The fourth-order valence-electron chi connectivity index (χ4n) is 3.74. The van der Waals surface area contributed by atoms with Gasteiger partial charge < -0.3 is 14.5 Å². The van der Waals surface area contributed by atoms with E-state index in [2.05, 4.69) is 27.3 Å². The van der Waals surface area contributed by atoms with Crippen molar-refractivity contribution in [2.75, 3.05) is 44.3 Å². The van der Waals surface area contributed by atoms with Gasteiger partial charge in [0.2, 0.25) is 0 Å². The number of rotatable bonds is 2. The van der Waals surface area contributed by atoms with Gasteiger partial charge >= 0.3 is 0 Å². The lowest BCUT2D eigenvalue weighted by atomic mass is 10.0. The van der Waals surface area contributed by atoms with Crippen LogP contribution in [0, 0.1) is 0 Å². The summed E-state index contributed by atoms with van der Waals surface area (Å²) in [6.07, 6.45) is 1.10. The number of tetrazole rings is 1. The molecule has 126 valence electrons. The monoisotopic (exact) mass is 346 g/mol. The molecule has 24 heavy (non-hydrogen) atoms. The molecule has 1 fully saturated rings. The van der Waals surface area contributed by atoms with Crippen molar-refractivity contribution in [1.29, 1.82) is 0 Å². The van der Waals surface area contributed by atoms with Crippen LogP contribution in [0.4, 0.5) is 5.82 Å². The minimum atomic E-state index is 0.585. The van der Waals surface area contributed by atoms with E-state index in [1.807, 2.05) is 11.3 Å². The number of thiophene rings is 1. The van der Waals surface area contributed by atoms with E-state index >= 15 is 0 Å². The second-order valence-corrected chi connectivity index (χ2v) is 7.47. The lowest BCUT2D eigenvalue weighted by molar-refractivity contribution is -0.913. The largest absolute Gasteiger partial charge is 0.378 e. The van der Waals surface area contributed by atoms with Crippen molar-refractivity contribution in [3.63, 3.8) is 0 Å². The van der Waals surface area contributed by atoms with Gasteiger partial charge in [-0.25, -0.2) is 0 Å². The minimum absolute atomic E-state index is 0.585. The third-order valence-electron chi connectivity index (χ3n) is 5.10. The minimum Gasteiger partial charge on any atom is -0.378 e. The predicted octanol–water partition coefficient (Wildman–Crippen LogP) is -0.468. The average molecular weight is 346 g/mol. The molecule has 5 rings (SSSR count). The van der Waals surface area contributed by atoms with Crippen LogP contribution in [0.3, 0.4) is 0 Å². The first-order chi connectivity index (χ1) is 11.8. The smallest absolute Gasteiger partial charge is 0.276 e. The van der Waals surface area contributed by atoms with Crippen molar-refractivity contribution >= 4 is 33.1 Å². The maximum atomic E-state index is 5.51. The molecule has 1 unspecified atom stereocenters. The Morgan fingerprint density at radius 2 is 2.17 bits per heavy atom. The quantitative estimate of drug-likeness (QED) is 0.676. The van der Waals surface area contributed by atoms with Crippen LogP contribution in [-0.2, 0) is 17.7 Å². The molecule has 0 aliphatic carbocycles. The number of quaternary nitrogens is 1. The van der Waals surface area contributed by atoms with Crippen LogP contribution in [0.1, 0.15) is 17.4 Å². The van der Waals surface area contributed by atoms with E-state index in [1.54, 1.807) is 9.42 Å². The number of likely N-dealkylation sites (N-methyl/N-ethyl adjacent to an activating group) is 1. The van der Waals surface area contributed by atoms with Crippen LogP contribution in [0.5, 0.6) is 0 Å². The molecule has 2 aliphatic heterocycles. The van der Waals surface area contributed by atoms with Gasteiger partial charge in [-0.1, -0.05) is 5.10 Å². The molecule has 0 radical (unpaired) electrons. The molecule has 0 amide bonds. The van der Waals surface area contributed by atoms with Crippen LogP contribution < -0.4 is 9.80 Å². The molecular formula is C15H20N7OS+. The van der Waals surface area contributed by atoms with Gasteiger partial charge in [0.15, 0.2) is 0 Å². The van der Waals surface area contributed by atoms with Gasteiger partial charge in [0.05, 0.1) is 36.6 Å². The van der Waals surface area contributed by atoms with Crippen molar-refractivity contribution in [2.45, 2.75) is 19.9 Å². The van der Waals surface area contributed by atoms with Crippen molar-refractivity contribution in [3.05, 3.63) is 10.4 Å². The van der Waals surface area contributed by atoms with Crippen molar-refractivity contribution in [2.24, 2.45) is 0 Å². The van der Waals surface area contributed by atoms with E-state index in [9.17, 15) is 0 Å². The molecule has 8 nitrogen and oxygen atoms in total. The lowest BCUT2D eigenvalue weighted by Gasteiger charge is -2.29. The zero-order chi connectivity index (χ0) is 16.1. The highest BCUT2D eigenvalue weighted by molar-refractivity contribution is 7.19. The van der Waals surface area contributed by atoms with Gasteiger partial charge in [0.1, 0.15) is 17.2 Å². The van der Waals surface area contributed by atoms with Crippen LogP contribution in [0.15, 0.2) is 0 Å². The standard InChI is InChI=1S/C15H19N7OS/c1-2-20-4-3-10-11(9-20)24-14-12(10)13(21-5-7-23-8-6-21)16-15-17-18-19-22(14)15/h2-9H2,1H3/p+1. The number of fused-ring (bicyclic) bond motifs is 5. The van der Waals surface area contributed by atoms with E-state index in [1.165, 1.54) is 28.9 Å². The molecule has 0 saturated carbocycles. The summed E-state index contributed by atoms with van der Waals surface area (Å²) in [6, 6.07) is 0. The van der Waals surface area contributed by atoms with Crippen molar-refractivity contribution in [1.82, 2.24) is 25.0 Å². The van der Waals surface area contributed by atoms with E-state index in [4.69, 9.17) is 9.72 Å². The maximum Gasteiger partial charge on any atom is 0.276 e. The number of morpholine rings is 1. The van der Waals surface area contributed by atoms with E-state index in [0.717, 1.165) is 49.9 Å². The third-order valence-corrected chi connectivity index (χ3v) is 6.30. The SMILES string of the molecule is CC[NH+]1CCc2c(sc3c2c(N2CCOCC2)nc2nnnn23)C1. The van der Waals surface area contributed by atoms with Crippen LogP contribution >= 0.6 is 11.3 Å². The highest BCUT2D eigenvalue weighted by Crippen LogP contribution is 2.38. The van der Waals surface area contributed by atoms with Crippen molar-refractivity contribution < 1.29 is 9.64 Å². The zero-order valence-electron chi connectivity index (χ0n) is 13.7. The molecular weight excluding hydrogens is 326 g/mol. The van der Waals surface area contributed by atoms with E-state index in [0.29, 0.717) is 5.78 Å². The fourth-order valence-corrected chi connectivity index (χ4v) is 5.10. The van der Waals surface area contributed by atoms with Gasteiger partial charge in [-0.3, -0.25) is 0 Å². The second-order valence-electron chi connectivity index (χ2n) is 6.39. The molecule has 0 bridgehead atoms. The molecule has 3 aromatic rings. The Bertz CT molecular complexity index is 898. The Labute approximate surface area is 143 Å². The topological polar surface area (TPSA) is 72.9 Å². The van der Waals surface area contributed by atoms with Gasteiger partial charge in [0.25, 0.3) is 5.78 Å². The first-order valence-corrected chi connectivity index (χ1v) is 9.35. The lowest BCUT2D eigenvalue weighted by Crippen LogP contribution is -3.11. The number of ether oxygens (including phenoxy) is 1. The second kappa shape index (κ2) is 5.61. The molecule has 1 atom stereocenters. The van der Waals surface area contributed by atoms with E-state index < -0.39 is 0 Å². The normalized spacial score (nSPS) is 21.5. The molecule has 2 aliphatic rings. The Morgan fingerprint density at radius 3 is 3.00 bits per heavy atom. The Hall–Kier alpha value is -1.84. The maximum absolute atomic E-state index is 5.51. The van der Waals surface area contributed by atoms with Gasteiger partial charge in [-0.2, -0.15) is 9.50 Å². The fraction of sp³-hybridized carbons (Fsp3) is 0.600.